The first-order valence-corrected chi connectivity index (χ1v) is 10.6. The molecular formula is C18H28O18. The summed E-state index contributed by atoms with van der Waals surface area (Å²) in [6.45, 7) is -0.954. The second kappa shape index (κ2) is 11.4. The van der Waals surface area contributed by atoms with Crippen LogP contribution in [-0.4, -0.2) is 167 Å². The average molecular weight is 532 g/mol. The maximum Gasteiger partial charge on any atom is 0.335 e. The molecule has 0 saturated carbocycles. The summed E-state index contributed by atoms with van der Waals surface area (Å²) >= 11 is 0. The van der Waals surface area contributed by atoms with Gasteiger partial charge < -0.3 is 79.9 Å². The molecule has 18 nitrogen and oxygen atoms in total. The minimum absolute atomic E-state index is 0.954. The van der Waals surface area contributed by atoms with Crippen molar-refractivity contribution in [2.45, 2.75) is 92.1 Å². The minimum Gasteiger partial charge on any atom is -0.479 e. The van der Waals surface area contributed by atoms with Gasteiger partial charge in [-0.25, -0.2) is 9.59 Å². The molecule has 18 heteroatoms. The smallest absolute Gasteiger partial charge is 0.335 e. The Hall–Kier alpha value is -1.62. The number of aliphatic carboxylic acids is 2. The fourth-order valence-electron chi connectivity index (χ4n) is 4.02. The van der Waals surface area contributed by atoms with Gasteiger partial charge in [-0.3, -0.25) is 0 Å². The van der Waals surface area contributed by atoms with Crippen LogP contribution in [0.2, 0.25) is 0 Å². The molecule has 0 aromatic carbocycles. The van der Waals surface area contributed by atoms with Crippen molar-refractivity contribution in [1.82, 2.24) is 0 Å². The third-order valence-electron chi connectivity index (χ3n) is 6.02. The zero-order chi connectivity index (χ0) is 27.1. The molecule has 3 aliphatic heterocycles. The van der Waals surface area contributed by atoms with Crippen LogP contribution in [0.3, 0.4) is 0 Å². The van der Waals surface area contributed by atoms with E-state index in [4.69, 9.17) is 29.2 Å². The van der Waals surface area contributed by atoms with Crippen LogP contribution in [0.15, 0.2) is 0 Å². The van der Waals surface area contributed by atoms with Crippen molar-refractivity contribution in [2.24, 2.45) is 0 Å². The van der Waals surface area contributed by atoms with Crippen LogP contribution in [0.25, 0.3) is 0 Å². The van der Waals surface area contributed by atoms with Crippen LogP contribution in [-0.2, 0) is 33.3 Å². The Balaban J connectivity index is 1.75. The molecule has 0 aromatic rings. The van der Waals surface area contributed by atoms with E-state index in [9.17, 15) is 55.5 Å². The van der Waals surface area contributed by atoms with Crippen molar-refractivity contribution in [2.75, 3.05) is 6.61 Å². The maximum atomic E-state index is 11.3. The van der Waals surface area contributed by atoms with Gasteiger partial charge >= 0.3 is 11.9 Å². The van der Waals surface area contributed by atoms with Gasteiger partial charge in [0.2, 0.25) is 0 Å². The van der Waals surface area contributed by atoms with Crippen molar-refractivity contribution in [3.63, 3.8) is 0 Å². The quantitative estimate of drug-likeness (QED) is 0.145. The number of carbonyl (C=O) groups is 2. The summed E-state index contributed by atoms with van der Waals surface area (Å²) in [6, 6.07) is 0. The Morgan fingerprint density at radius 3 is 1.64 bits per heavy atom. The van der Waals surface area contributed by atoms with Crippen molar-refractivity contribution < 1.29 is 89.4 Å². The molecule has 0 aliphatic carbocycles. The molecule has 3 aliphatic rings. The Morgan fingerprint density at radius 2 is 1.08 bits per heavy atom. The van der Waals surface area contributed by atoms with Crippen molar-refractivity contribution in [3.05, 3.63) is 0 Å². The van der Waals surface area contributed by atoms with Crippen molar-refractivity contribution >= 4 is 11.9 Å². The number of rotatable bonds is 7. The van der Waals surface area contributed by atoms with Crippen LogP contribution >= 0.6 is 0 Å². The van der Waals surface area contributed by atoms with E-state index in [-0.39, 0.29) is 0 Å². The molecule has 1 unspecified atom stereocenters. The first-order chi connectivity index (χ1) is 16.8. The molecular weight excluding hydrogens is 504 g/mol. The Labute approximate surface area is 201 Å². The predicted molar refractivity (Wildman–Crippen MR) is 102 cm³/mol. The number of aliphatic hydroxyl groups excluding tert-OH is 9. The van der Waals surface area contributed by atoms with Crippen molar-refractivity contribution in [3.8, 4) is 0 Å². The summed E-state index contributed by atoms with van der Waals surface area (Å²) in [6.07, 6.45) is -29.8. The molecule has 11 N–H and O–H groups in total. The van der Waals surface area contributed by atoms with Gasteiger partial charge in [-0.15, -0.1) is 0 Å². The van der Waals surface area contributed by atoms with E-state index in [1.807, 2.05) is 0 Å². The zero-order valence-corrected chi connectivity index (χ0v) is 18.1. The van der Waals surface area contributed by atoms with E-state index in [1.54, 1.807) is 0 Å². The summed E-state index contributed by atoms with van der Waals surface area (Å²) in [5, 5.41) is 109. The van der Waals surface area contributed by atoms with Crippen LogP contribution < -0.4 is 0 Å². The highest BCUT2D eigenvalue weighted by Crippen LogP contribution is 2.32. The molecule has 0 bridgehead atoms. The maximum absolute atomic E-state index is 11.3. The lowest BCUT2D eigenvalue weighted by Crippen LogP contribution is -2.67. The van der Waals surface area contributed by atoms with Gasteiger partial charge in [0.1, 0.15) is 61.0 Å². The van der Waals surface area contributed by atoms with Gasteiger partial charge in [0.25, 0.3) is 0 Å². The van der Waals surface area contributed by atoms with Gasteiger partial charge in [-0.05, 0) is 0 Å². The summed E-state index contributed by atoms with van der Waals surface area (Å²) in [5.41, 5.74) is 0. The van der Waals surface area contributed by atoms with Crippen LogP contribution in [0.5, 0.6) is 0 Å². The second-order valence-corrected chi connectivity index (χ2v) is 8.41. The number of carboxylic acids is 2. The van der Waals surface area contributed by atoms with Crippen LogP contribution in [0.1, 0.15) is 0 Å². The van der Waals surface area contributed by atoms with Gasteiger partial charge in [-0.2, -0.15) is 0 Å². The average Bonchev–Trinajstić information content (AvgIpc) is 2.82. The van der Waals surface area contributed by atoms with Gasteiger partial charge in [0.05, 0.1) is 6.61 Å². The van der Waals surface area contributed by atoms with Crippen LogP contribution in [0, 0.1) is 0 Å². The zero-order valence-electron chi connectivity index (χ0n) is 18.1. The number of carboxylic acid groups (broad SMARTS) is 2. The first kappa shape index (κ1) is 28.9. The number of ether oxygens (including phenoxy) is 5. The molecule has 0 amide bonds. The van der Waals surface area contributed by atoms with E-state index >= 15 is 0 Å². The summed E-state index contributed by atoms with van der Waals surface area (Å²) in [5.74, 6) is -3.43. The lowest BCUT2D eigenvalue weighted by molar-refractivity contribution is -0.374. The summed E-state index contributed by atoms with van der Waals surface area (Å²) in [7, 11) is 0. The van der Waals surface area contributed by atoms with E-state index < -0.39 is 111 Å². The Bertz CT molecular complexity index is 779. The second-order valence-electron chi connectivity index (χ2n) is 8.41. The van der Waals surface area contributed by atoms with Crippen molar-refractivity contribution in [1.29, 1.82) is 0 Å². The van der Waals surface area contributed by atoms with E-state index in [2.05, 4.69) is 4.74 Å². The fourth-order valence-corrected chi connectivity index (χ4v) is 4.02. The van der Waals surface area contributed by atoms with E-state index in [0.29, 0.717) is 0 Å². The van der Waals surface area contributed by atoms with Gasteiger partial charge in [-0.1, -0.05) is 0 Å². The van der Waals surface area contributed by atoms with E-state index in [0.717, 1.165) is 0 Å². The predicted octanol–water partition coefficient (Wildman–Crippen LogP) is -7.39. The standard InChI is InChI=1S/C18H28O18/c19-1-2-10(34-18-6(23)3(20)4(21)12(36-18)14(27)28)5(22)7(24)17(32-2)35-11-8(25)13(15(29)30)33-16(31)9(11)26/h2-13,16-26,31H,1H2,(H,27,28)(H,29,30)/t2-,3+,4+,5-,6-,7-,8+,9-,10-,11+,12+,13+,16?,17+,18-/m1/s1. The molecule has 3 saturated heterocycles. The first-order valence-electron chi connectivity index (χ1n) is 10.6. The fraction of sp³-hybridized carbons (Fsp3) is 0.889. The molecule has 3 rings (SSSR count). The molecule has 36 heavy (non-hydrogen) atoms. The largest absolute Gasteiger partial charge is 0.479 e. The highest BCUT2D eigenvalue weighted by molar-refractivity contribution is 5.73. The Kier molecular flexibility index (Phi) is 9.17. The SMILES string of the molecule is O=C(O)[C@H]1O[C@@H](O[C@H]2[C@H](O)[C@@H](O)[C@H](O[C@H]3[C@H](O)[C@@H](C(=O)O)OC(O)[C@@H]3O)O[C@@H]2CO)[C@H](O)[C@@H](O)[C@@H]1O. The molecule has 3 fully saturated rings. The molecule has 0 aromatic heterocycles. The number of aliphatic hydroxyl groups is 9. The topological polar surface area (TPSA) is 303 Å². The molecule has 208 valence electrons. The lowest BCUT2D eigenvalue weighted by Gasteiger charge is -2.47. The summed E-state index contributed by atoms with van der Waals surface area (Å²) < 4.78 is 25.3. The highest BCUT2D eigenvalue weighted by Gasteiger charge is 2.54. The monoisotopic (exact) mass is 532 g/mol. The molecule has 0 radical (unpaired) electrons. The lowest BCUT2D eigenvalue weighted by atomic mass is 9.96. The minimum atomic E-state index is -2.12. The van der Waals surface area contributed by atoms with Crippen LogP contribution in [0.4, 0.5) is 0 Å². The number of hydrogen-bond donors (Lipinski definition) is 11. The van der Waals surface area contributed by atoms with E-state index in [1.165, 1.54) is 0 Å². The molecule has 0 spiro atoms. The highest BCUT2D eigenvalue weighted by atomic mass is 16.8. The molecule has 15 atom stereocenters. The third kappa shape index (κ3) is 5.47. The van der Waals surface area contributed by atoms with Gasteiger partial charge in [0.15, 0.2) is 31.1 Å². The Morgan fingerprint density at radius 1 is 0.583 bits per heavy atom. The molecule has 3 heterocycles. The van der Waals surface area contributed by atoms with Gasteiger partial charge in [0, 0.05) is 0 Å². The number of hydrogen-bond acceptors (Lipinski definition) is 16. The third-order valence-corrected chi connectivity index (χ3v) is 6.02. The normalized spacial score (nSPS) is 50.0. The summed E-state index contributed by atoms with van der Waals surface area (Å²) in [4.78, 5) is 22.5.